The molecule has 0 saturated carbocycles. The number of H-pyrrole nitrogens is 1. The molecule has 6 nitrogen and oxygen atoms in total. The quantitative estimate of drug-likeness (QED) is 0.702. The van der Waals surface area contributed by atoms with Gasteiger partial charge in [0.25, 0.3) is 5.56 Å². The summed E-state index contributed by atoms with van der Waals surface area (Å²) in [6.07, 6.45) is 6.63. The smallest absolute Gasteiger partial charge is 0.275 e. The fourth-order valence-electron chi connectivity index (χ4n) is 1.69. The van der Waals surface area contributed by atoms with Crippen molar-refractivity contribution in [1.29, 1.82) is 0 Å². The first-order valence-corrected chi connectivity index (χ1v) is 5.28. The molecule has 7 heteroatoms. The molecule has 0 aliphatic carbocycles. The Morgan fingerprint density at radius 1 is 1.29 bits per heavy atom. The first-order chi connectivity index (χ1) is 8.15. The summed E-state index contributed by atoms with van der Waals surface area (Å²) in [7, 11) is 1.81. The lowest BCUT2D eigenvalue weighted by Gasteiger charge is -1.98. The maximum atomic E-state index is 11.8. The molecule has 3 heterocycles. The van der Waals surface area contributed by atoms with Crippen molar-refractivity contribution in [2.75, 3.05) is 0 Å². The monoisotopic (exact) mass is 249 g/mol. The van der Waals surface area contributed by atoms with Crippen LogP contribution in [0.5, 0.6) is 0 Å². The molecule has 0 radical (unpaired) electrons. The van der Waals surface area contributed by atoms with E-state index < -0.39 is 0 Å². The summed E-state index contributed by atoms with van der Waals surface area (Å²) in [5, 5.41) is 8.39. The van der Waals surface area contributed by atoms with E-state index in [4.69, 9.17) is 11.6 Å². The molecule has 0 aliphatic rings. The largest absolute Gasteiger partial charge is 0.319 e. The molecule has 3 rings (SSSR count). The highest BCUT2D eigenvalue weighted by Crippen LogP contribution is 2.17. The van der Waals surface area contributed by atoms with Crippen molar-refractivity contribution < 1.29 is 0 Å². The van der Waals surface area contributed by atoms with Gasteiger partial charge in [-0.15, -0.1) is 0 Å². The Morgan fingerprint density at radius 2 is 2.12 bits per heavy atom. The number of halogens is 1. The van der Waals surface area contributed by atoms with Gasteiger partial charge in [-0.1, -0.05) is 11.6 Å². The second-order valence-electron chi connectivity index (χ2n) is 3.69. The fourth-order valence-corrected chi connectivity index (χ4v) is 1.91. The standard InChI is InChI=1S/C10H8ClN5O/c1-15-4-6(2-12-15)8-5-16-9(10(17)14-8)7(11)3-13-16/h2-5H,1H3,(H,14,17). The number of hydrogen-bond donors (Lipinski definition) is 1. The van der Waals surface area contributed by atoms with Crippen molar-refractivity contribution >= 4 is 17.1 Å². The van der Waals surface area contributed by atoms with Gasteiger partial charge in [-0.05, 0) is 0 Å². The van der Waals surface area contributed by atoms with Gasteiger partial charge >= 0.3 is 0 Å². The fraction of sp³-hybridized carbons (Fsp3) is 0.100. The molecule has 0 aromatic carbocycles. The molecule has 86 valence electrons. The van der Waals surface area contributed by atoms with Gasteiger partial charge in [0.1, 0.15) is 5.52 Å². The van der Waals surface area contributed by atoms with Crippen LogP contribution in [0.3, 0.4) is 0 Å². The lowest BCUT2D eigenvalue weighted by molar-refractivity contribution is 0.768. The predicted octanol–water partition coefficient (Wildman–Crippen LogP) is 1.08. The van der Waals surface area contributed by atoms with E-state index in [2.05, 4.69) is 15.2 Å². The Morgan fingerprint density at radius 3 is 2.82 bits per heavy atom. The van der Waals surface area contributed by atoms with Crippen molar-refractivity contribution in [2.24, 2.45) is 7.05 Å². The van der Waals surface area contributed by atoms with Crippen LogP contribution in [0.4, 0.5) is 0 Å². The maximum Gasteiger partial charge on any atom is 0.275 e. The average molecular weight is 250 g/mol. The van der Waals surface area contributed by atoms with E-state index in [1.165, 1.54) is 10.7 Å². The van der Waals surface area contributed by atoms with Crippen molar-refractivity contribution in [3.8, 4) is 11.3 Å². The van der Waals surface area contributed by atoms with Crippen molar-refractivity contribution in [3.63, 3.8) is 0 Å². The highest BCUT2D eigenvalue weighted by atomic mass is 35.5. The predicted molar refractivity (Wildman–Crippen MR) is 63.0 cm³/mol. The van der Waals surface area contributed by atoms with Crippen LogP contribution in [0, 0.1) is 0 Å². The number of nitrogens with one attached hydrogen (secondary N) is 1. The van der Waals surface area contributed by atoms with Crippen LogP contribution in [-0.2, 0) is 7.05 Å². The van der Waals surface area contributed by atoms with Gasteiger partial charge < -0.3 is 4.98 Å². The molecule has 0 amide bonds. The number of fused-ring (bicyclic) bond motifs is 1. The molecule has 0 spiro atoms. The lowest BCUT2D eigenvalue weighted by Crippen LogP contribution is -2.11. The van der Waals surface area contributed by atoms with Gasteiger partial charge in [0.15, 0.2) is 0 Å². The first kappa shape index (κ1) is 10.1. The van der Waals surface area contributed by atoms with Crippen molar-refractivity contribution in [1.82, 2.24) is 24.4 Å². The summed E-state index contributed by atoms with van der Waals surface area (Å²) in [5.74, 6) is 0. The van der Waals surface area contributed by atoms with Gasteiger partial charge in [-0.2, -0.15) is 10.2 Å². The average Bonchev–Trinajstić information content (AvgIpc) is 2.86. The summed E-state index contributed by atoms with van der Waals surface area (Å²) in [6, 6.07) is 0. The normalized spacial score (nSPS) is 11.2. The summed E-state index contributed by atoms with van der Waals surface area (Å²) >= 11 is 5.86. The molecule has 17 heavy (non-hydrogen) atoms. The second kappa shape index (κ2) is 3.46. The minimum atomic E-state index is -0.270. The topological polar surface area (TPSA) is 68.0 Å². The summed E-state index contributed by atoms with van der Waals surface area (Å²) in [4.78, 5) is 14.6. The lowest BCUT2D eigenvalue weighted by atomic mass is 10.3. The number of aromatic nitrogens is 5. The molecule has 3 aromatic rings. The number of nitrogens with zero attached hydrogens (tertiary/aromatic N) is 4. The van der Waals surface area contributed by atoms with Crippen LogP contribution < -0.4 is 5.56 Å². The summed E-state index contributed by atoms with van der Waals surface area (Å²) in [5.41, 5.74) is 1.54. The molecule has 0 bridgehead atoms. The van der Waals surface area contributed by atoms with E-state index >= 15 is 0 Å². The van der Waals surface area contributed by atoms with Crippen LogP contribution in [0.15, 0.2) is 29.6 Å². The van der Waals surface area contributed by atoms with E-state index in [0.29, 0.717) is 16.2 Å². The Labute approximate surface area is 100 Å². The summed E-state index contributed by atoms with van der Waals surface area (Å²) < 4.78 is 3.12. The van der Waals surface area contributed by atoms with Gasteiger partial charge in [0.05, 0.1) is 29.3 Å². The van der Waals surface area contributed by atoms with Crippen LogP contribution in [-0.4, -0.2) is 24.4 Å². The highest BCUT2D eigenvalue weighted by Gasteiger charge is 2.09. The van der Waals surface area contributed by atoms with E-state index in [1.54, 1.807) is 17.1 Å². The molecule has 0 atom stereocenters. The Bertz CT molecular complexity index is 753. The third kappa shape index (κ3) is 1.53. The number of rotatable bonds is 1. The van der Waals surface area contributed by atoms with Gasteiger partial charge in [0.2, 0.25) is 0 Å². The van der Waals surface area contributed by atoms with Gasteiger partial charge in [-0.25, -0.2) is 4.52 Å². The second-order valence-corrected chi connectivity index (χ2v) is 4.09. The number of hydrogen-bond acceptors (Lipinski definition) is 3. The van der Waals surface area contributed by atoms with E-state index in [1.807, 2.05) is 13.2 Å². The molecule has 0 fully saturated rings. The zero-order valence-corrected chi connectivity index (χ0v) is 9.64. The van der Waals surface area contributed by atoms with E-state index in [9.17, 15) is 4.79 Å². The molecule has 0 unspecified atom stereocenters. The van der Waals surface area contributed by atoms with Gasteiger partial charge in [0, 0.05) is 18.8 Å². The SMILES string of the molecule is Cn1cc(-c2cn3ncc(Cl)c3c(=O)[nH]2)cn1. The Kier molecular flexibility index (Phi) is 2.05. The third-order valence-electron chi connectivity index (χ3n) is 2.48. The minimum absolute atomic E-state index is 0.270. The van der Waals surface area contributed by atoms with Crippen molar-refractivity contribution in [2.45, 2.75) is 0 Å². The third-order valence-corrected chi connectivity index (χ3v) is 2.76. The van der Waals surface area contributed by atoms with Crippen LogP contribution in [0.1, 0.15) is 0 Å². The van der Waals surface area contributed by atoms with Crippen LogP contribution in [0.2, 0.25) is 5.02 Å². The zero-order chi connectivity index (χ0) is 12.0. The molecule has 3 aromatic heterocycles. The first-order valence-electron chi connectivity index (χ1n) is 4.90. The molecule has 0 aliphatic heterocycles. The van der Waals surface area contributed by atoms with Crippen LogP contribution >= 0.6 is 11.6 Å². The highest BCUT2D eigenvalue weighted by molar-refractivity contribution is 6.33. The van der Waals surface area contributed by atoms with Gasteiger partial charge in [-0.3, -0.25) is 9.48 Å². The van der Waals surface area contributed by atoms with E-state index in [0.717, 1.165) is 5.56 Å². The Hall–Kier alpha value is -2.08. The Balaban J connectivity index is 2.29. The molecular weight excluding hydrogens is 242 g/mol. The van der Waals surface area contributed by atoms with Crippen LogP contribution in [0.25, 0.3) is 16.8 Å². The number of aromatic amines is 1. The maximum absolute atomic E-state index is 11.8. The van der Waals surface area contributed by atoms with Crippen molar-refractivity contribution in [3.05, 3.63) is 40.2 Å². The zero-order valence-electron chi connectivity index (χ0n) is 8.88. The van der Waals surface area contributed by atoms with E-state index in [-0.39, 0.29) is 5.56 Å². The molecule has 1 N–H and O–H groups in total. The summed E-state index contributed by atoms with van der Waals surface area (Å²) in [6.45, 7) is 0. The minimum Gasteiger partial charge on any atom is -0.319 e. The molecule has 0 saturated heterocycles. The number of aryl methyl sites for hydroxylation is 1. The molecular formula is C10H8ClN5O.